The van der Waals surface area contributed by atoms with Crippen LogP contribution in [0.25, 0.3) is 0 Å². The zero-order valence-electron chi connectivity index (χ0n) is 10.6. The van der Waals surface area contributed by atoms with Gasteiger partial charge in [0.1, 0.15) is 5.82 Å². The van der Waals surface area contributed by atoms with Gasteiger partial charge in [-0.05, 0) is 46.1 Å². The maximum atomic E-state index is 13.3. The first kappa shape index (κ1) is 13.7. The SMILES string of the molecule is Cc1cc(F)c(Br)cc1NC(=O)Cc1cnn(C)c1. The van der Waals surface area contributed by atoms with Gasteiger partial charge in [0, 0.05) is 18.9 Å². The summed E-state index contributed by atoms with van der Waals surface area (Å²) in [5.74, 6) is -0.502. The number of hydrogen-bond acceptors (Lipinski definition) is 2. The quantitative estimate of drug-likeness (QED) is 0.943. The predicted octanol–water partition coefficient (Wildman–Crippen LogP) is 2.81. The summed E-state index contributed by atoms with van der Waals surface area (Å²) in [5, 5.41) is 6.76. The molecular weight excluding hydrogens is 313 g/mol. The van der Waals surface area contributed by atoms with E-state index in [1.165, 1.54) is 6.07 Å². The molecular formula is C13H13BrFN3O. The average molecular weight is 326 g/mol. The standard InChI is InChI=1S/C13H13BrFN3O/c1-8-3-11(15)10(14)5-12(8)17-13(19)4-9-6-16-18(2)7-9/h3,5-7H,4H2,1-2H3,(H,17,19). The average Bonchev–Trinajstić information content (AvgIpc) is 2.71. The molecule has 0 saturated carbocycles. The van der Waals surface area contributed by atoms with Crippen molar-refractivity contribution in [2.45, 2.75) is 13.3 Å². The molecule has 0 unspecified atom stereocenters. The van der Waals surface area contributed by atoms with E-state index in [-0.39, 0.29) is 18.1 Å². The Balaban J connectivity index is 2.09. The molecule has 6 heteroatoms. The van der Waals surface area contributed by atoms with E-state index in [0.717, 1.165) is 5.56 Å². The summed E-state index contributed by atoms with van der Waals surface area (Å²) in [6.07, 6.45) is 3.67. The van der Waals surface area contributed by atoms with Crippen LogP contribution in [0.2, 0.25) is 0 Å². The molecule has 2 rings (SSSR count). The van der Waals surface area contributed by atoms with E-state index < -0.39 is 0 Å². The van der Waals surface area contributed by atoms with Crippen molar-refractivity contribution in [2.75, 3.05) is 5.32 Å². The molecule has 0 saturated heterocycles. The van der Waals surface area contributed by atoms with Crippen LogP contribution in [0, 0.1) is 12.7 Å². The number of rotatable bonds is 3. The molecule has 0 aliphatic heterocycles. The van der Waals surface area contributed by atoms with Crippen molar-refractivity contribution >= 4 is 27.5 Å². The van der Waals surface area contributed by atoms with Gasteiger partial charge in [0.2, 0.25) is 5.91 Å². The minimum absolute atomic E-state index is 0.158. The molecule has 19 heavy (non-hydrogen) atoms. The lowest BCUT2D eigenvalue weighted by atomic mass is 10.2. The lowest BCUT2D eigenvalue weighted by Gasteiger charge is -2.09. The van der Waals surface area contributed by atoms with Gasteiger partial charge in [-0.3, -0.25) is 9.48 Å². The molecule has 4 nitrogen and oxygen atoms in total. The smallest absolute Gasteiger partial charge is 0.228 e. The van der Waals surface area contributed by atoms with Gasteiger partial charge in [-0.2, -0.15) is 5.10 Å². The molecule has 1 aromatic heterocycles. The van der Waals surface area contributed by atoms with Crippen molar-refractivity contribution in [1.29, 1.82) is 0 Å². The second kappa shape index (κ2) is 5.52. The van der Waals surface area contributed by atoms with Gasteiger partial charge in [-0.25, -0.2) is 4.39 Å². The number of carbonyl (C=O) groups excluding carboxylic acids is 1. The third kappa shape index (κ3) is 3.41. The number of aromatic nitrogens is 2. The van der Waals surface area contributed by atoms with Gasteiger partial charge in [0.25, 0.3) is 0 Å². The Hall–Kier alpha value is -1.69. The molecule has 0 aliphatic carbocycles. The molecule has 0 atom stereocenters. The van der Waals surface area contributed by atoms with Crippen LogP contribution in [-0.4, -0.2) is 15.7 Å². The van der Waals surface area contributed by atoms with Gasteiger partial charge in [0.15, 0.2) is 0 Å². The summed E-state index contributed by atoms with van der Waals surface area (Å²) in [6, 6.07) is 2.94. The van der Waals surface area contributed by atoms with Crippen LogP contribution < -0.4 is 5.32 Å². The highest BCUT2D eigenvalue weighted by Gasteiger charge is 2.10. The first-order valence-corrected chi connectivity index (χ1v) is 6.48. The number of hydrogen-bond donors (Lipinski definition) is 1. The Morgan fingerprint density at radius 1 is 1.53 bits per heavy atom. The van der Waals surface area contributed by atoms with Crippen LogP contribution in [0.3, 0.4) is 0 Å². The van der Waals surface area contributed by atoms with Crippen LogP contribution in [0.1, 0.15) is 11.1 Å². The van der Waals surface area contributed by atoms with E-state index in [9.17, 15) is 9.18 Å². The molecule has 1 amide bonds. The maximum Gasteiger partial charge on any atom is 0.228 e. The lowest BCUT2D eigenvalue weighted by molar-refractivity contribution is -0.115. The minimum Gasteiger partial charge on any atom is -0.326 e. The predicted molar refractivity (Wildman–Crippen MR) is 74.4 cm³/mol. The van der Waals surface area contributed by atoms with Gasteiger partial charge in [-0.15, -0.1) is 0 Å². The molecule has 2 aromatic rings. The summed E-state index contributed by atoms with van der Waals surface area (Å²) < 4.78 is 15.2. The zero-order valence-corrected chi connectivity index (χ0v) is 12.2. The fourth-order valence-electron chi connectivity index (χ4n) is 1.72. The molecule has 1 aromatic carbocycles. The highest BCUT2D eigenvalue weighted by Crippen LogP contribution is 2.24. The van der Waals surface area contributed by atoms with Crippen molar-refractivity contribution in [3.8, 4) is 0 Å². The topological polar surface area (TPSA) is 46.9 Å². The Kier molecular flexibility index (Phi) is 3.99. The third-order valence-electron chi connectivity index (χ3n) is 2.66. The molecule has 0 radical (unpaired) electrons. The summed E-state index contributed by atoms with van der Waals surface area (Å²) in [5.41, 5.74) is 2.11. The number of anilines is 1. The summed E-state index contributed by atoms with van der Waals surface area (Å²) in [7, 11) is 1.79. The number of aryl methyl sites for hydroxylation is 2. The van der Waals surface area contributed by atoms with Crippen molar-refractivity contribution in [1.82, 2.24) is 9.78 Å². The zero-order chi connectivity index (χ0) is 14.0. The molecule has 0 fully saturated rings. The summed E-state index contributed by atoms with van der Waals surface area (Å²) in [6.45, 7) is 1.75. The highest BCUT2D eigenvalue weighted by molar-refractivity contribution is 9.10. The van der Waals surface area contributed by atoms with Crippen LogP contribution in [-0.2, 0) is 18.3 Å². The van der Waals surface area contributed by atoms with Crippen LogP contribution in [0.5, 0.6) is 0 Å². The lowest BCUT2D eigenvalue weighted by Crippen LogP contribution is -2.15. The van der Waals surface area contributed by atoms with Crippen molar-refractivity contribution in [2.24, 2.45) is 7.05 Å². The molecule has 1 heterocycles. The van der Waals surface area contributed by atoms with E-state index in [1.54, 1.807) is 37.1 Å². The highest BCUT2D eigenvalue weighted by atomic mass is 79.9. The fourth-order valence-corrected chi connectivity index (χ4v) is 2.07. The van der Waals surface area contributed by atoms with Crippen LogP contribution >= 0.6 is 15.9 Å². The van der Waals surface area contributed by atoms with E-state index >= 15 is 0 Å². The number of nitrogens with zero attached hydrogens (tertiary/aromatic N) is 2. The number of amides is 1. The second-order valence-electron chi connectivity index (χ2n) is 4.33. The van der Waals surface area contributed by atoms with E-state index in [1.807, 2.05) is 0 Å². The van der Waals surface area contributed by atoms with Gasteiger partial charge in [-0.1, -0.05) is 0 Å². The molecule has 0 aliphatic rings. The summed E-state index contributed by atoms with van der Waals surface area (Å²) in [4.78, 5) is 11.9. The van der Waals surface area contributed by atoms with Crippen molar-refractivity contribution in [3.63, 3.8) is 0 Å². The maximum absolute atomic E-state index is 13.3. The van der Waals surface area contributed by atoms with Gasteiger partial charge >= 0.3 is 0 Å². The Morgan fingerprint density at radius 2 is 2.26 bits per heavy atom. The number of nitrogens with one attached hydrogen (secondary N) is 1. The number of benzene rings is 1. The Labute approximate surface area is 118 Å². The largest absolute Gasteiger partial charge is 0.326 e. The van der Waals surface area contributed by atoms with E-state index in [2.05, 4.69) is 26.3 Å². The third-order valence-corrected chi connectivity index (χ3v) is 3.27. The first-order valence-electron chi connectivity index (χ1n) is 5.68. The monoisotopic (exact) mass is 325 g/mol. The molecule has 100 valence electrons. The van der Waals surface area contributed by atoms with Crippen molar-refractivity contribution < 1.29 is 9.18 Å². The summed E-state index contributed by atoms with van der Waals surface area (Å²) >= 11 is 3.10. The number of halogens is 2. The van der Waals surface area contributed by atoms with Gasteiger partial charge < -0.3 is 5.32 Å². The molecule has 0 bridgehead atoms. The van der Waals surface area contributed by atoms with Gasteiger partial charge in [0.05, 0.1) is 17.1 Å². The van der Waals surface area contributed by atoms with Crippen LogP contribution in [0.15, 0.2) is 29.0 Å². The normalized spacial score (nSPS) is 10.5. The fraction of sp³-hybridized carbons (Fsp3) is 0.231. The van der Waals surface area contributed by atoms with E-state index in [0.29, 0.717) is 15.7 Å². The Bertz CT molecular complexity index is 624. The molecule has 0 spiro atoms. The van der Waals surface area contributed by atoms with E-state index in [4.69, 9.17) is 0 Å². The first-order chi connectivity index (χ1) is 8.95. The molecule has 1 N–H and O–H groups in total. The minimum atomic E-state index is -0.345. The second-order valence-corrected chi connectivity index (χ2v) is 5.18. The van der Waals surface area contributed by atoms with Crippen molar-refractivity contribution in [3.05, 3.63) is 45.9 Å². The Morgan fingerprint density at radius 3 is 2.89 bits per heavy atom. The number of carbonyl (C=O) groups is 1. The van der Waals surface area contributed by atoms with Crippen LogP contribution in [0.4, 0.5) is 10.1 Å².